The molecule has 3 aromatic rings. The minimum atomic E-state index is -2.66. The molecule has 0 unspecified atom stereocenters. The highest BCUT2D eigenvalue weighted by Crippen LogP contribution is 2.46. The predicted molar refractivity (Wildman–Crippen MR) is 122 cm³/mol. The van der Waals surface area contributed by atoms with Crippen LogP contribution >= 0.6 is 0 Å². The molecule has 1 aliphatic rings. The number of hydrogen-bond acceptors (Lipinski definition) is 3. The van der Waals surface area contributed by atoms with E-state index >= 15 is 0 Å². The van der Waals surface area contributed by atoms with Crippen LogP contribution in [0.25, 0.3) is 22.2 Å². The predicted octanol–water partition coefficient (Wildman–Crippen LogP) is 0.171. The van der Waals surface area contributed by atoms with Gasteiger partial charge in [0.05, 0.1) is 36.9 Å². The summed E-state index contributed by atoms with van der Waals surface area (Å²) in [6, 6.07) is 5.04. The largest absolute Gasteiger partial charge is 0.389 e. The monoisotopic (exact) mass is 457 g/mol. The molecule has 0 spiro atoms. The summed E-state index contributed by atoms with van der Waals surface area (Å²) in [4.78, 5) is 27.6. The van der Waals surface area contributed by atoms with Crippen molar-refractivity contribution in [2.45, 2.75) is 22.6 Å². The first-order chi connectivity index (χ1) is 15.8. The zero-order valence-electron chi connectivity index (χ0n) is 17.5. The molecule has 1 aromatic heterocycles. The number of aromatic amines is 1. The Bertz CT molecular complexity index is 1300. The third-order valence-electron chi connectivity index (χ3n) is 5.87. The molecule has 0 bridgehead atoms. The van der Waals surface area contributed by atoms with Crippen molar-refractivity contribution in [1.29, 1.82) is 0 Å². The number of aromatic nitrogens is 1. The van der Waals surface area contributed by atoms with Crippen LogP contribution in [0.2, 0.25) is 5.21 Å². The van der Waals surface area contributed by atoms with Crippen LogP contribution < -0.4 is 10.6 Å². The van der Waals surface area contributed by atoms with Gasteiger partial charge in [-0.2, -0.15) is 0 Å². The molecule has 4 N–H and O–H groups in total. The Balaban J connectivity index is 1.87. The lowest BCUT2D eigenvalue weighted by atomic mass is 9.27. The van der Waals surface area contributed by atoms with Crippen LogP contribution in [-0.4, -0.2) is 72.0 Å². The number of fused-ring (bicyclic) bond motifs is 1. The van der Waals surface area contributed by atoms with Gasteiger partial charge in [0.1, 0.15) is 29.6 Å². The molecule has 164 valence electrons. The number of halogens is 3. The van der Waals surface area contributed by atoms with E-state index < -0.39 is 51.8 Å². The smallest absolute Gasteiger partial charge is 0.245 e. The molecule has 1 aliphatic heterocycles. The third kappa shape index (κ3) is 3.81. The molecule has 8 radical (unpaired) electrons. The summed E-state index contributed by atoms with van der Waals surface area (Å²) >= 11 is 0. The average molecular weight is 457 g/mol. The second kappa shape index (κ2) is 8.30. The standard InChI is InChI=1S/C21H14B4F3N3O3/c22-20(23,21(24,25)19(34)31-17-13(32)7-29-18(17)33)14-11-5-10(27)6-12(28)16(11)30-15(14)8-1-3-9(26)4-2-8/h1-6,13,17,30,32H,7H2,(H,29,33)(H,31,34)/t13-,17+/m1/s1. The first-order valence-corrected chi connectivity index (χ1v) is 10.0. The number of benzene rings is 2. The van der Waals surface area contributed by atoms with E-state index in [1.54, 1.807) is 0 Å². The van der Waals surface area contributed by atoms with Gasteiger partial charge in [-0.1, -0.05) is 5.21 Å². The summed E-state index contributed by atoms with van der Waals surface area (Å²) in [6.45, 7) is -0.113. The highest BCUT2D eigenvalue weighted by Gasteiger charge is 2.46. The van der Waals surface area contributed by atoms with Crippen LogP contribution in [0.3, 0.4) is 0 Å². The van der Waals surface area contributed by atoms with E-state index in [0.717, 1.165) is 18.2 Å². The molecule has 6 nitrogen and oxygen atoms in total. The SMILES string of the molecule is [B]C([B])(C(=O)N[C@@H]1C(=O)NC[C@H]1O)C([B])([B])c1c(-c2ccc(F)cc2)[nH]c2c(F)cc(F)cc12. The number of nitrogens with one attached hydrogen (secondary N) is 3. The van der Waals surface area contributed by atoms with Crippen LogP contribution in [0.4, 0.5) is 13.2 Å². The van der Waals surface area contributed by atoms with Crippen LogP contribution in [0, 0.1) is 17.5 Å². The van der Waals surface area contributed by atoms with Gasteiger partial charge in [0.2, 0.25) is 11.8 Å². The molecule has 2 atom stereocenters. The molecule has 2 heterocycles. The zero-order valence-corrected chi connectivity index (χ0v) is 17.5. The highest BCUT2D eigenvalue weighted by atomic mass is 19.1. The van der Waals surface area contributed by atoms with Gasteiger partial charge in [0.25, 0.3) is 0 Å². The Kier molecular flexibility index (Phi) is 5.88. The van der Waals surface area contributed by atoms with Crippen LogP contribution in [0.5, 0.6) is 0 Å². The summed E-state index contributed by atoms with van der Waals surface area (Å²) in [5, 5.41) is 9.15. The van der Waals surface area contributed by atoms with Gasteiger partial charge in [-0.15, -0.1) is 0 Å². The fourth-order valence-electron chi connectivity index (χ4n) is 3.91. The maximum absolute atomic E-state index is 14.6. The Hall–Kier alpha value is -3.07. The molecule has 1 fully saturated rings. The topological polar surface area (TPSA) is 94.2 Å². The molecule has 4 rings (SSSR count). The maximum Gasteiger partial charge on any atom is 0.245 e. The Morgan fingerprint density at radius 2 is 1.71 bits per heavy atom. The number of H-pyrrole nitrogens is 1. The summed E-state index contributed by atoms with van der Waals surface area (Å²) < 4.78 is 42.2. The lowest BCUT2D eigenvalue weighted by molar-refractivity contribution is -0.129. The van der Waals surface area contributed by atoms with Gasteiger partial charge in [0.15, 0.2) is 0 Å². The van der Waals surface area contributed by atoms with Crippen molar-refractivity contribution in [1.82, 2.24) is 15.6 Å². The van der Waals surface area contributed by atoms with Gasteiger partial charge in [-0.05, 0) is 46.7 Å². The first kappa shape index (κ1) is 24.1. The average Bonchev–Trinajstić information content (AvgIpc) is 3.30. The number of hydrogen-bond donors (Lipinski definition) is 4. The molecular formula is C21H14B4F3N3O3. The van der Waals surface area contributed by atoms with Crippen LogP contribution in [0.1, 0.15) is 5.56 Å². The molecule has 2 amide bonds. The number of rotatable bonds is 5. The molecule has 0 saturated carbocycles. The van der Waals surface area contributed by atoms with E-state index in [2.05, 4.69) is 15.6 Å². The quantitative estimate of drug-likeness (QED) is 0.413. The number of amides is 2. The van der Waals surface area contributed by atoms with E-state index in [0.29, 0.717) is 6.07 Å². The van der Waals surface area contributed by atoms with Crippen molar-refractivity contribution in [3.05, 3.63) is 59.4 Å². The minimum absolute atomic E-state index is 0.0104. The van der Waals surface area contributed by atoms with Gasteiger partial charge < -0.3 is 20.7 Å². The van der Waals surface area contributed by atoms with Gasteiger partial charge in [-0.3, -0.25) is 9.59 Å². The normalized spacial score (nSPS) is 18.8. The summed E-state index contributed by atoms with van der Waals surface area (Å²) in [7, 11) is 24.8. The van der Waals surface area contributed by atoms with Crippen LogP contribution in [-0.2, 0) is 14.8 Å². The number of β-amino-alcohol motifs (C(OH)–C–C–N with tert-alkyl or cyclic N) is 1. The summed E-state index contributed by atoms with van der Waals surface area (Å²) in [6.07, 6.45) is -1.26. The van der Waals surface area contributed by atoms with E-state index in [4.69, 9.17) is 31.4 Å². The van der Waals surface area contributed by atoms with Gasteiger partial charge in [0, 0.05) is 23.7 Å². The van der Waals surface area contributed by atoms with E-state index in [9.17, 15) is 27.9 Å². The summed E-state index contributed by atoms with van der Waals surface area (Å²) in [5.41, 5.74) is -0.174. The van der Waals surface area contributed by atoms with Crippen molar-refractivity contribution in [2.75, 3.05) is 6.54 Å². The number of aliphatic hydroxyl groups is 1. The number of aliphatic hydroxyl groups excluding tert-OH is 1. The lowest BCUT2D eigenvalue weighted by Gasteiger charge is -2.44. The van der Waals surface area contributed by atoms with E-state index in [1.807, 2.05) is 0 Å². The fourth-order valence-corrected chi connectivity index (χ4v) is 3.91. The van der Waals surface area contributed by atoms with Crippen molar-refractivity contribution in [2.24, 2.45) is 0 Å². The molecule has 34 heavy (non-hydrogen) atoms. The van der Waals surface area contributed by atoms with E-state index in [1.165, 1.54) is 12.1 Å². The van der Waals surface area contributed by atoms with Gasteiger partial charge in [-0.25, -0.2) is 13.2 Å². The molecule has 2 aromatic carbocycles. The molecular weight excluding hydrogens is 442 g/mol. The van der Waals surface area contributed by atoms with Crippen molar-refractivity contribution in [3.8, 4) is 11.3 Å². The van der Waals surface area contributed by atoms with E-state index in [-0.39, 0.29) is 34.3 Å². The number of carbonyl (C=O) groups excluding carboxylic acids is 2. The third-order valence-corrected chi connectivity index (χ3v) is 5.87. The zero-order chi connectivity index (χ0) is 25.0. The Morgan fingerprint density at radius 3 is 2.29 bits per heavy atom. The highest BCUT2D eigenvalue weighted by molar-refractivity contribution is 6.61. The number of carbonyl (C=O) groups is 2. The second-order valence-corrected chi connectivity index (χ2v) is 8.19. The van der Waals surface area contributed by atoms with Crippen molar-refractivity contribution in [3.63, 3.8) is 0 Å². The lowest BCUT2D eigenvalue weighted by Crippen LogP contribution is -2.56. The molecule has 13 heteroatoms. The first-order valence-electron chi connectivity index (χ1n) is 10.0. The fraction of sp³-hybridized carbons (Fsp3) is 0.238. The maximum atomic E-state index is 14.6. The Morgan fingerprint density at radius 1 is 1.06 bits per heavy atom. The molecule has 1 saturated heterocycles. The minimum Gasteiger partial charge on any atom is -0.389 e. The van der Waals surface area contributed by atoms with Gasteiger partial charge >= 0.3 is 0 Å². The van der Waals surface area contributed by atoms with Crippen molar-refractivity contribution < 1.29 is 27.9 Å². The molecule has 0 aliphatic carbocycles. The van der Waals surface area contributed by atoms with Crippen molar-refractivity contribution >= 4 is 54.1 Å². The second-order valence-electron chi connectivity index (χ2n) is 8.19. The summed E-state index contributed by atoms with van der Waals surface area (Å²) in [5.74, 6) is -4.42. The van der Waals surface area contributed by atoms with Crippen LogP contribution in [0.15, 0.2) is 36.4 Å². The Labute approximate surface area is 197 Å².